The zero-order valence-corrected chi connectivity index (χ0v) is 8.01. The van der Waals surface area contributed by atoms with E-state index in [0.29, 0.717) is 5.82 Å². The molecule has 14 heavy (non-hydrogen) atoms. The maximum absolute atomic E-state index is 5.49. The highest BCUT2D eigenvalue weighted by Gasteiger charge is 1.99. The van der Waals surface area contributed by atoms with Gasteiger partial charge in [-0.05, 0) is 24.1 Å². The predicted molar refractivity (Wildman–Crippen MR) is 55.1 cm³/mol. The summed E-state index contributed by atoms with van der Waals surface area (Å²) in [5.74, 6) is 0.437. The molecule has 1 heterocycles. The number of hydrogen-bond acceptors (Lipinski definition) is 3. The van der Waals surface area contributed by atoms with Gasteiger partial charge in [0, 0.05) is 0 Å². The van der Waals surface area contributed by atoms with Gasteiger partial charge in [-0.3, -0.25) is 0 Å². The van der Waals surface area contributed by atoms with Gasteiger partial charge in [0.15, 0.2) is 5.82 Å². The summed E-state index contributed by atoms with van der Waals surface area (Å²) in [6.45, 7) is 2.12. The molecule has 0 unspecified atom stereocenters. The van der Waals surface area contributed by atoms with Crippen molar-refractivity contribution < 1.29 is 0 Å². The van der Waals surface area contributed by atoms with Crippen LogP contribution < -0.4 is 5.73 Å². The fourth-order valence-corrected chi connectivity index (χ4v) is 1.32. The number of aryl methyl sites for hydroxylation is 1. The van der Waals surface area contributed by atoms with E-state index in [0.717, 1.165) is 12.1 Å². The van der Waals surface area contributed by atoms with Crippen molar-refractivity contribution in [2.75, 3.05) is 5.73 Å². The summed E-state index contributed by atoms with van der Waals surface area (Å²) in [6.07, 6.45) is 2.72. The first-order valence-electron chi connectivity index (χ1n) is 4.56. The average Bonchev–Trinajstić information content (AvgIpc) is 2.65. The number of benzene rings is 1. The first-order valence-corrected chi connectivity index (χ1v) is 4.56. The highest BCUT2D eigenvalue weighted by molar-refractivity contribution is 5.37. The van der Waals surface area contributed by atoms with Crippen molar-refractivity contribution in [1.82, 2.24) is 15.0 Å². The summed E-state index contributed by atoms with van der Waals surface area (Å²) >= 11 is 0. The van der Waals surface area contributed by atoms with Crippen LogP contribution in [0.1, 0.15) is 12.5 Å². The van der Waals surface area contributed by atoms with Crippen molar-refractivity contribution in [2.45, 2.75) is 13.3 Å². The van der Waals surface area contributed by atoms with E-state index in [-0.39, 0.29) is 0 Å². The van der Waals surface area contributed by atoms with Gasteiger partial charge in [0.2, 0.25) is 0 Å². The third kappa shape index (κ3) is 1.59. The molecule has 0 amide bonds. The van der Waals surface area contributed by atoms with Crippen LogP contribution in [0.25, 0.3) is 5.69 Å². The molecule has 72 valence electrons. The lowest BCUT2D eigenvalue weighted by atomic mass is 10.1. The van der Waals surface area contributed by atoms with Crippen molar-refractivity contribution in [3.8, 4) is 5.69 Å². The molecular weight excluding hydrogens is 176 g/mol. The van der Waals surface area contributed by atoms with E-state index in [4.69, 9.17) is 5.73 Å². The minimum atomic E-state index is 0.437. The van der Waals surface area contributed by atoms with E-state index in [2.05, 4.69) is 29.4 Å². The Balaban J connectivity index is 2.41. The molecule has 1 aromatic heterocycles. The molecule has 2 N–H and O–H groups in total. The smallest absolute Gasteiger partial charge is 0.166 e. The van der Waals surface area contributed by atoms with Gasteiger partial charge in [-0.15, -0.1) is 5.10 Å². The lowest BCUT2D eigenvalue weighted by molar-refractivity contribution is 0.802. The zero-order chi connectivity index (χ0) is 9.97. The summed E-state index contributed by atoms with van der Waals surface area (Å²) < 4.78 is 1.68. The molecule has 0 radical (unpaired) electrons. The van der Waals surface area contributed by atoms with E-state index in [1.807, 2.05) is 12.1 Å². The van der Waals surface area contributed by atoms with Crippen molar-refractivity contribution in [3.05, 3.63) is 36.0 Å². The predicted octanol–water partition coefficient (Wildman–Crippen LogP) is 1.41. The molecule has 0 aliphatic heterocycles. The number of nitrogens with zero attached hydrogens (tertiary/aromatic N) is 3. The number of aromatic nitrogens is 3. The topological polar surface area (TPSA) is 56.7 Å². The van der Waals surface area contributed by atoms with Crippen LogP contribution in [0.3, 0.4) is 0 Å². The van der Waals surface area contributed by atoms with Gasteiger partial charge in [0.25, 0.3) is 0 Å². The molecule has 0 aliphatic rings. The Kier molecular flexibility index (Phi) is 2.18. The fourth-order valence-electron chi connectivity index (χ4n) is 1.32. The first kappa shape index (κ1) is 8.74. The lowest BCUT2D eigenvalue weighted by Gasteiger charge is -2.01. The monoisotopic (exact) mass is 188 g/mol. The highest BCUT2D eigenvalue weighted by atomic mass is 15.4. The molecule has 0 saturated heterocycles. The van der Waals surface area contributed by atoms with Crippen molar-refractivity contribution in [2.24, 2.45) is 0 Å². The van der Waals surface area contributed by atoms with Gasteiger partial charge >= 0.3 is 0 Å². The Hall–Kier alpha value is -1.84. The molecule has 4 nitrogen and oxygen atoms in total. The number of rotatable bonds is 2. The Bertz CT molecular complexity index is 433. The van der Waals surface area contributed by atoms with Crippen LogP contribution in [0.15, 0.2) is 30.5 Å². The van der Waals surface area contributed by atoms with E-state index in [1.54, 1.807) is 10.9 Å². The molecule has 0 aliphatic carbocycles. The zero-order valence-electron chi connectivity index (χ0n) is 8.01. The maximum Gasteiger partial charge on any atom is 0.166 e. The average molecular weight is 188 g/mol. The fraction of sp³-hybridized carbons (Fsp3) is 0.200. The molecule has 0 saturated carbocycles. The van der Waals surface area contributed by atoms with Gasteiger partial charge in [-0.1, -0.05) is 24.3 Å². The second-order valence-electron chi connectivity index (χ2n) is 3.11. The van der Waals surface area contributed by atoms with E-state index >= 15 is 0 Å². The second kappa shape index (κ2) is 3.49. The third-order valence-corrected chi connectivity index (χ3v) is 2.09. The van der Waals surface area contributed by atoms with Gasteiger partial charge in [-0.25, -0.2) is 4.68 Å². The minimum absolute atomic E-state index is 0.437. The van der Waals surface area contributed by atoms with E-state index in [9.17, 15) is 0 Å². The Labute approximate surface area is 82.4 Å². The summed E-state index contributed by atoms with van der Waals surface area (Å²) in [5.41, 5.74) is 7.76. The maximum atomic E-state index is 5.49. The van der Waals surface area contributed by atoms with Gasteiger partial charge in [0.05, 0.1) is 11.9 Å². The molecule has 1 aromatic carbocycles. The normalized spacial score (nSPS) is 10.4. The third-order valence-electron chi connectivity index (χ3n) is 2.09. The summed E-state index contributed by atoms with van der Waals surface area (Å²) in [4.78, 5) is 0. The standard InChI is InChI=1S/C10H12N4/c1-2-8-4-3-5-9(6-8)14-7-10(11)12-13-14/h3-7H,2,11H2,1H3. The van der Waals surface area contributed by atoms with Crippen LogP contribution in [-0.4, -0.2) is 15.0 Å². The van der Waals surface area contributed by atoms with E-state index < -0.39 is 0 Å². The number of anilines is 1. The Morgan fingerprint density at radius 1 is 1.43 bits per heavy atom. The van der Waals surface area contributed by atoms with Crippen LogP contribution in [0.4, 0.5) is 5.82 Å². The Morgan fingerprint density at radius 2 is 2.29 bits per heavy atom. The molecule has 0 atom stereocenters. The van der Waals surface area contributed by atoms with Gasteiger partial charge in [0.1, 0.15) is 0 Å². The largest absolute Gasteiger partial charge is 0.381 e. The quantitative estimate of drug-likeness (QED) is 0.775. The SMILES string of the molecule is CCc1cccc(-n2cc(N)nn2)c1. The summed E-state index contributed by atoms with van der Waals surface area (Å²) in [7, 11) is 0. The van der Waals surface area contributed by atoms with E-state index in [1.165, 1.54) is 5.56 Å². The molecule has 0 fully saturated rings. The Morgan fingerprint density at radius 3 is 2.93 bits per heavy atom. The summed E-state index contributed by atoms with van der Waals surface area (Å²) in [5, 5.41) is 7.64. The van der Waals surface area contributed by atoms with Crippen LogP contribution in [0, 0.1) is 0 Å². The number of hydrogen-bond donors (Lipinski definition) is 1. The molecule has 0 spiro atoms. The van der Waals surface area contributed by atoms with Gasteiger partial charge < -0.3 is 5.73 Å². The van der Waals surface area contributed by atoms with Crippen LogP contribution in [0.2, 0.25) is 0 Å². The van der Waals surface area contributed by atoms with Gasteiger partial charge in [-0.2, -0.15) is 0 Å². The molecular formula is C10H12N4. The molecule has 2 rings (SSSR count). The molecule has 2 aromatic rings. The van der Waals surface area contributed by atoms with Crippen molar-refractivity contribution in [1.29, 1.82) is 0 Å². The molecule has 4 heteroatoms. The summed E-state index contributed by atoms with van der Waals surface area (Å²) in [6, 6.07) is 8.15. The lowest BCUT2D eigenvalue weighted by Crippen LogP contribution is -1.95. The number of nitrogen functional groups attached to an aromatic ring is 1. The highest BCUT2D eigenvalue weighted by Crippen LogP contribution is 2.10. The molecule has 0 bridgehead atoms. The van der Waals surface area contributed by atoms with Crippen molar-refractivity contribution >= 4 is 5.82 Å². The van der Waals surface area contributed by atoms with Crippen LogP contribution in [-0.2, 0) is 6.42 Å². The van der Waals surface area contributed by atoms with Crippen LogP contribution in [0.5, 0.6) is 0 Å². The minimum Gasteiger partial charge on any atom is -0.381 e. The second-order valence-corrected chi connectivity index (χ2v) is 3.11. The van der Waals surface area contributed by atoms with Crippen LogP contribution >= 0.6 is 0 Å². The number of nitrogens with two attached hydrogens (primary N) is 1. The van der Waals surface area contributed by atoms with Crippen molar-refractivity contribution in [3.63, 3.8) is 0 Å². The first-order chi connectivity index (χ1) is 6.79.